The first-order valence-electron chi connectivity index (χ1n) is 38.3. The second kappa shape index (κ2) is 64.7. The zero-order chi connectivity index (χ0) is 68.7. The van der Waals surface area contributed by atoms with Gasteiger partial charge in [0.05, 0.1) is 26.4 Å². The van der Waals surface area contributed by atoms with E-state index >= 15 is 0 Å². The van der Waals surface area contributed by atoms with Gasteiger partial charge in [0.25, 0.3) is 0 Å². The van der Waals surface area contributed by atoms with Crippen LogP contribution in [0.25, 0.3) is 0 Å². The molecule has 552 valence electrons. The molecule has 17 nitrogen and oxygen atoms in total. The molecule has 0 saturated carbocycles. The van der Waals surface area contributed by atoms with Crippen molar-refractivity contribution >= 4 is 39.5 Å². The van der Waals surface area contributed by atoms with Gasteiger partial charge in [0.15, 0.2) is 12.2 Å². The maximum Gasteiger partial charge on any atom is 0.472 e. The second-order valence-electron chi connectivity index (χ2n) is 28.1. The van der Waals surface area contributed by atoms with E-state index in [0.29, 0.717) is 25.7 Å². The van der Waals surface area contributed by atoms with Crippen molar-refractivity contribution in [3.8, 4) is 0 Å². The fourth-order valence-corrected chi connectivity index (χ4v) is 12.8. The molecule has 0 aliphatic carbocycles. The van der Waals surface area contributed by atoms with Crippen molar-refractivity contribution in [3.63, 3.8) is 0 Å². The zero-order valence-corrected chi connectivity index (χ0v) is 62.5. The van der Waals surface area contributed by atoms with Gasteiger partial charge >= 0.3 is 39.5 Å². The summed E-state index contributed by atoms with van der Waals surface area (Å²) in [6, 6.07) is 0. The van der Waals surface area contributed by atoms with Gasteiger partial charge in [-0.15, -0.1) is 0 Å². The molecule has 0 aliphatic heterocycles. The van der Waals surface area contributed by atoms with Crippen LogP contribution >= 0.6 is 15.6 Å². The smallest absolute Gasteiger partial charge is 0.462 e. The highest BCUT2D eigenvalue weighted by molar-refractivity contribution is 7.47. The first-order chi connectivity index (χ1) is 44.7. The molecule has 0 rings (SSSR count). The van der Waals surface area contributed by atoms with Crippen LogP contribution in [-0.2, 0) is 65.4 Å². The summed E-state index contributed by atoms with van der Waals surface area (Å²) in [4.78, 5) is 72.7. The van der Waals surface area contributed by atoms with Crippen LogP contribution in [0.2, 0.25) is 0 Å². The topological polar surface area (TPSA) is 237 Å². The first kappa shape index (κ1) is 91.1. The summed E-state index contributed by atoms with van der Waals surface area (Å²) < 4.78 is 68.4. The van der Waals surface area contributed by atoms with E-state index in [1.807, 2.05) is 0 Å². The fraction of sp³-hybridized carbons (Fsp3) is 0.946. The Morgan fingerprint density at radius 2 is 0.495 bits per heavy atom. The molecule has 3 N–H and O–H groups in total. The standard InChI is InChI=1S/C74H144O17P2/c1-8-9-10-11-12-13-14-21-26-36-43-50-57-73(78)91-70(62-85-72(77)56-49-42-35-30-29-33-40-47-54-67(6)7)64-89-93(82,83)87-60-68(75)59-86-92(80,81)88-63-69(61-84-71(76)55-48-41-34-28-23-25-32-39-46-53-66(4)5)90-74(79)58-51-44-37-27-22-19-17-15-16-18-20-24-31-38-45-52-65(2)3/h65-70,75H,8-64H2,1-7H3,(H,80,81)(H,82,83)/t68-,69-,70-/m1/s1. The van der Waals surface area contributed by atoms with E-state index in [4.69, 9.17) is 37.0 Å². The number of hydrogen-bond donors (Lipinski definition) is 3. The highest BCUT2D eigenvalue weighted by Crippen LogP contribution is 2.45. The average molecular weight is 1370 g/mol. The molecule has 0 fully saturated rings. The number of carbonyl (C=O) groups is 4. The Kier molecular flexibility index (Phi) is 63.4. The molecule has 0 radical (unpaired) electrons. The van der Waals surface area contributed by atoms with Crippen LogP contribution in [0.5, 0.6) is 0 Å². The molecule has 0 aliphatic rings. The number of hydrogen-bond acceptors (Lipinski definition) is 15. The Bertz CT molecular complexity index is 1820. The van der Waals surface area contributed by atoms with E-state index in [1.165, 1.54) is 186 Å². The van der Waals surface area contributed by atoms with Crippen LogP contribution in [0, 0.1) is 17.8 Å². The van der Waals surface area contributed by atoms with E-state index in [2.05, 4.69) is 48.5 Å². The molecule has 19 heteroatoms. The lowest BCUT2D eigenvalue weighted by atomic mass is 10.0. The van der Waals surface area contributed by atoms with Crippen LogP contribution in [0.1, 0.15) is 376 Å². The van der Waals surface area contributed by atoms with E-state index < -0.39 is 97.5 Å². The van der Waals surface area contributed by atoms with Crippen molar-refractivity contribution in [1.29, 1.82) is 0 Å². The number of esters is 4. The van der Waals surface area contributed by atoms with Gasteiger partial charge in [0.2, 0.25) is 0 Å². The summed E-state index contributed by atoms with van der Waals surface area (Å²) in [5.74, 6) is 0.153. The lowest BCUT2D eigenvalue weighted by Crippen LogP contribution is -2.30. The Balaban J connectivity index is 5.24. The summed E-state index contributed by atoms with van der Waals surface area (Å²) in [5.41, 5.74) is 0. The normalized spacial score (nSPS) is 14.1. The van der Waals surface area contributed by atoms with Crippen molar-refractivity contribution < 1.29 is 80.2 Å². The lowest BCUT2D eigenvalue weighted by molar-refractivity contribution is -0.161. The minimum Gasteiger partial charge on any atom is -0.462 e. The zero-order valence-electron chi connectivity index (χ0n) is 60.7. The number of unbranched alkanes of at least 4 members (excludes halogenated alkanes) is 40. The second-order valence-corrected chi connectivity index (χ2v) is 31.0. The van der Waals surface area contributed by atoms with Gasteiger partial charge in [0, 0.05) is 25.7 Å². The molecular formula is C74H144O17P2. The summed E-state index contributed by atoms with van der Waals surface area (Å²) in [7, 11) is -9.91. The molecule has 0 saturated heterocycles. The van der Waals surface area contributed by atoms with Crippen LogP contribution in [-0.4, -0.2) is 96.7 Å². The third kappa shape index (κ3) is 68.4. The van der Waals surface area contributed by atoms with Gasteiger partial charge < -0.3 is 33.8 Å². The molecule has 0 amide bonds. The van der Waals surface area contributed by atoms with Crippen LogP contribution in [0.15, 0.2) is 0 Å². The van der Waals surface area contributed by atoms with Crippen molar-refractivity contribution in [2.24, 2.45) is 17.8 Å². The minimum absolute atomic E-state index is 0.106. The number of ether oxygens (including phenoxy) is 4. The number of phosphoric ester groups is 2. The van der Waals surface area contributed by atoms with E-state index in [9.17, 15) is 43.2 Å². The predicted octanol–water partition coefficient (Wildman–Crippen LogP) is 21.4. The Labute approximate surface area is 568 Å². The highest BCUT2D eigenvalue weighted by Gasteiger charge is 2.30. The predicted molar refractivity (Wildman–Crippen MR) is 377 cm³/mol. The third-order valence-electron chi connectivity index (χ3n) is 17.1. The van der Waals surface area contributed by atoms with Crippen molar-refractivity contribution in [2.75, 3.05) is 39.6 Å². The fourth-order valence-electron chi connectivity index (χ4n) is 11.2. The van der Waals surface area contributed by atoms with Crippen LogP contribution in [0.4, 0.5) is 0 Å². The van der Waals surface area contributed by atoms with Gasteiger partial charge in [-0.25, -0.2) is 9.13 Å². The quantitative estimate of drug-likeness (QED) is 0.0222. The third-order valence-corrected chi connectivity index (χ3v) is 19.0. The maximum atomic E-state index is 13.1. The number of phosphoric acid groups is 2. The lowest BCUT2D eigenvalue weighted by Gasteiger charge is -2.21. The number of aliphatic hydroxyl groups excluding tert-OH is 1. The van der Waals surface area contributed by atoms with Gasteiger partial charge in [-0.05, 0) is 43.4 Å². The largest absolute Gasteiger partial charge is 0.472 e. The molecule has 0 aromatic carbocycles. The van der Waals surface area contributed by atoms with E-state index in [-0.39, 0.29) is 25.7 Å². The Morgan fingerprint density at radius 3 is 0.731 bits per heavy atom. The van der Waals surface area contributed by atoms with E-state index in [0.717, 1.165) is 108 Å². The van der Waals surface area contributed by atoms with Crippen molar-refractivity contribution in [1.82, 2.24) is 0 Å². The highest BCUT2D eigenvalue weighted by atomic mass is 31.2. The Hall–Kier alpha value is -1.94. The number of carbonyl (C=O) groups excluding carboxylic acids is 4. The average Bonchev–Trinajstić information content (AvgIpc) is 2.85. The first-order valence-corrected chi connectivity index (χ1v) is 41.3. The van der Waals surface area contributed by atoms with Gasteiger partial charge in [0.1, 0.15) is 19.3 Å². The van der Waals surface area contributed by atoms with Gasteiger partial charge in [-0.2, -0.15) is 0 Å². The molecule has 0 aromatic rings. The number of rotatable bonds is 72. The molecule has 0 heterocycles. The molecule has 2 unspecified atom stereocenters. The summed E-state index contributed by atoms with van der Waals surface area (Å²) in [6.45, 7) is 11.9. The van der Waals surface area contributed by atoms with Gasteiger partial charge in [-0.1, -0.05) is 325 Å². The SMILES string of the molecule is CCCCCCCCCCCCCCC(=O)O[C@H](COC(=O)CCCCCCCCCCC(C)C)COP(=O)(O)OC[C@H](O)COP(=O)(O)OC[C@@H](COC(=O)CCCCCCCCCCCC(C)C)OC(=O)CCCCCCCCCCCCCCCCCC(C)C. The van der Waals surface area contributed by atoms with Crippen LogP contribution in [0.3, 0.4) is 0 Å². The van der Waals surface area contributed by atoms with Crippen molar-refractivity contribution in [3.05, 3.63) is 0 Å². The molecule has 0 spiro atoms. The van der Waals surface area contributed by atoms with Crippen LogP contribution < -0.4 is 0 Å². The summed E-state index contributed by atoms with van der Waals surface area (Å²) in [5, 5.41) is 10.6. The monoisotopic (exact) mass is 1370 g/mol. The molecule has 5 atom stereocenters. The molecular weight excluding hydrogens is 1220 g/mol. The minimum atomic E-state index is -4.96. The van der Waals surface area contributed by atoms with Crippen molar-refractivity contribution in [2.45, 2.75) is 394 Å². The summed E-state index contributed by atoms with van der Waals surface area (Å²) in [6.07, 6.45) is 49.9. The molecule has 0 aromatic heterocycles. The molecule has 93 heavy (non-hydrogen) atoms. The number of aliphatic hydroxyl groups is 1. The van der Waals surface area contributed by atoms with Gasteiger partial charge in [-0.3, -0.25) is 37.3 Å². The van der Waals surface area contributed by atoms with E-state index in [1.54, 1.807) is 0 Å². The maximum absolute atomic E-state index is 13.1. The summed E-state index contributed by atoms with van der Waals surface area (Å²) >= 11 is 0. The Morgan fingerprint density at radius 1 is 0.290 bits per heavy atom. The molecule has 0 bridgehead atoms.